The van der Waals surface area contributed by atoms with Crippen molar-refractivity contribution in [2.45, 2.75) is 0 Å². The fraction of sp³-hybridized carbons (Fsp3) is 0.333. The van der Waals surface area contributed by atoms with E-state index in [1.807, 2.05) is 0 Å². The van der Waals surface area contributed by atoms with E-state index in [0.717, 1.165) is 0 Å². The van der Waals surface area contributed by atoms with Crippen molar-refractivity contribution in [3.8, 4) is 0 Å². The molecule has 0 bridgehead atoms. The zero-order valence-electron chi connectivity index (χ0n) is 5.53. The summed E-state index contributed by atoms with van der Waals surface area (Å²) in [5, 5.41) is 8.36. The monoisotopic (exact) mass is 142 g/mol. The summed E-state index contributed by atoms with van der Waals surface area (Å²) in [5.74, 6) is 0. The number of aliphatic hydroxyl groups is 1. The van der Waals surface area contributed by atoms with Gasteiger partial charge in [0.15, 0.2) is 0 Å². The zero-order valence-corrected chi connectivity index (χ0v) is 5.53. The van der Waals surface area contributed by atoms with E-state index >= 15 is 0 Å². The number of hydrogen-bond donors (Lipinski definition) is 2. The summed E-state index contributed by atoms with van der Waals surface area (Å²) in [6, 6.07) is 1.72. The molecule has 0 spiro atoms. The highest BCUT2D eigenvalue weighted by Crippen LogP contribution is 1.98. The number of aliphatic hydroxyl groups excluding tert-OH is 1. The molecule has 56 valence electrons. The summed E-state index contributed by atoms with van der Waals surface area (Å²) in [6.07, 6.45) is 3.32. The van der Waals surface area contributed by atoms with E-state index in [1.165, 1.54) is 4.73 Å². The molecule has 0 saturated carbocycles. The minimum absolute atomic E-state index is 0.0120. The largest absolute Gasteiger partial charge is 0.412 e. The third kappa shape index (κ3) is 1.66. The van der Waals surface area contributed by atoms with Crippen molar-refractivity contribution < 1.29 is 9.94 Å². The maximum Gasteiger partial charge on any atom is 0.138 e. The van der Waals surface area contributed by atoms with E-state index in [-0.39, 0.29) is 13.2 Å². The minimum Gasteiger partial charge on any atom is -0.412 e. The molecule has 4 heteroatoms. The Bertz CT molecular complexity index is 197. The summed E-state index contributed by atoms with van der Waals surface area (Å²) in [6.45, 7) is 0.298. The van der Waals surface area contributed by atoms with Gasteiger partial charge < -0.3 is 15.7 Å². The standard InChI is InChI=1S/C6H10N2O2/c7-6-1-2-8(5-6)10-4-3-9/h1-2,5,9H,3-4,7H2. The van der Waals surface area contributed by atoms with Crippen molar-refractivity contribution in [1.82, 2.24) is 4.73 Å². The van der Waals surface area contributed by atoms with Crippen molar-refractivity contribution >= 4 is 5.69 Å². The molecule has 3 N–H and O–H groups in total. The minimum atomic E-state index is 0.0120. The first kappa shape index (κ1) is 6.95. The normalized spacial score (nSPS) is 9.70. The molecule has 0 unspecified atom stereocenters. The van der Waals surface area contributed by atoms with Gasteiger partial charge in [-0.15, -0.1) is 0 Å². The molecule has 0 aliphatic heterocycles. The number of nitrogens with zero attached hydrogens (tertiary/aromatic N) is 1. The van der Waals surface area contributed by atoms with Gasteiger partial charge in [-0.3, -0.25) is 0 Å². The van der Waals surface area contributed by atoms with Gasteiger partial charge in [-0.25, -0.2) is 0 Å². The third-order valence-electron chi connectivity index (χ3n) is 1.02. The Kier molecular flexibility index (Phi) is 2.17. The van der Waals surface area contributed by atoms with Gasteiger partial charge in [0, 0.05) is 6.20 Å². The molecule has 0 radical (unpaired) electrons. The van der Waals surface area contributed by atoms with Crippen LogP contribution in [0.1, 0.15) is 0 Å². The van der Waals surface area contributed by atoms with Gasteiger partial charge in [0.2, 0.25) is 0 Å². The molecule has 1 aromatic rings. The first-order chi connectivity index (χ1) is 4.83. The van der Waals surface area contributed by atoms with E-state index in [4.69, 9.17) is 15.7 Å². The van der Waals surface area contributed by atoms with Gasteiger partial charge >= 0.3 is 0 Å². The van der Waals surface area contributed by atoms with Crippen LogP contribution in [0.25, 0.3) is 0 Å². The lowest BCUT2D eigenvalue weighted by Gasteiger charge is -2.02. The predicted octanol–water partition coefficient (Wildman–Crippen LogP) is -0.509. The number of anilines is 1. The van der Waals surface area contributed by atoms with E-state index in [9.17, 15) is 0 Å². The molecule has 0 aliphatic carbocycles. The molecular formula is C6H10N2O2. The molecule has 1 heterocycles. The van der Waals surface area contributed by atoms with Crippen LogP contribution in [0, 0.1) is 0 Å². The van der Waals surface area contributed by atoms with Crippen molar-refractivity contribution in [2.24, 2.45) is 0 Å². The molecule has 0 aromatic carbocycles. The van der Waals surface area contributed by atoms with Gasteiger partial charge in [0.25, 0.3) is 0 Å². The third-order valence-corrected chi connectivity index (χ3v) is 1.02. The molecule has 1 aromatic heterocycles. The van der Waals surface area contributed by atoms with E-state index in [2.05, 4.69) is 0 Å². The highest BCUT2D eigenvalue weighted by molar-refractivity contribution is 5.33. The fourth-order valence-electron chi connectivity index (χ4n) is 0.619. The second kappa shape index (κ2) is 3.12. The number of nitrogen functional groups attached to an aromatic ring is 1. The molecule has 0 saturated heterocycles. The summed E-state index contributed by atoms with van der Waals surface area (Å²) >= 11 is 0. The van der Waals surface area contributed by atoms with Gasteiger partial charge in [-0.05, 0) is 6.07 Å². The van der Waals surface area contributed by atoms with Gasteiger partial charge in [0.05, 0.1) is 18.5 Å². The SMILES string of the molecule is Nc1ccn(OCCO)c1. The first-order valence-electron chi connectivity index (χ1n) is 3.00. The van der Waals surface area contributed by atoms with Gasteiger partial charge in [-0.2, -0.15) is 4.73 Å². The van der Waals surface area contributed by atoms with Crippen LogP contribution in [0.4, 0.5) is 5.69 Å². The van der Waals surface area contributed by atoms with E-state index in [1.54, 1.807) is 18.5 Å². The average molecular weight is 142 g/mol. The Balaban J connectivity index is 2.42. The average Bonchev–Trinajstić information content (AvgIpc) is 2.31. The maximum atomic E-state index is 8.36. The molecule has 0 aliphatic rings. The quantitative estimate of drug-likeness (QED) is 0.597. The predicted molar refractivity (Wildman–Crippen MR) is 37.4 cm³/mol. The first-order valence-corrected chi connectivity index (χ1v) is 3.00. The topological polar surface area (TPSA) is 60.4 Å². The zero-order chi connectivity index (χ0) is 7.40. The Morgan fingerprint density at radius 1 is 1.70 bits per heavy atom. The van der Waals surface area contributed by atoms with Crippen molar-refractivity contribution in [2.75, 3.05) is 18.9 Å². The van der Waals surface area contributed by atoms with Crippen LogP contribution < -0.4 is 10.6 Å². The molecule has 1 rings (SSSR count). The summed E-state index contributed by atoms with van der Waals surface area (Å²) < 4.78 is 1.46. The second-order valence-electron chi connectivity index (χ2n) is 1.86. The molecular weight excluding hydrogens is 132 g/mol. The number of hydrogen-bond acceptors (Lipinski definition) is 3. The van der Waals surface area contributed by atoms with Crippen LogP contribution in [0.3, 0.4) is 0 Å². The number of nitrogens with two attached hydrogens (primary N) is 1. The van der Waals surface area contributed by atoms with E-state index < -0.39 is 0 Å². The summed E-state index contributed by atoms with van der Waals surface area (Å²) in [7, 11) is 0. The second-order valence-corrected chi connectivity index (χ2v) is 1.86. The number of rotatable bonds is 3. The van der Waals surface area contributed by atoms with Gasteiger partial charge in [-0.1, -0.05) is 0 Å². The highest BCUT2D eigenvalue weighted by atomic mass is 16.7. The van der Waals surface area contributed by atoms with Crippen LogP contribution in [-0.4, -0.2) is 23.1 Å². The van der Waals surface area contributed by atoms with Gasteiger partial charge in [0.1, 0.15) is 6.61 Å². The summed E-state index contributed by atoms with van der Waals surface area (Å²) in [4.78, 5) is 4.96. The van der Waals surface area contributed by atoms with Crippen molar-refractivity contribution in [3.63, 3.8) is 0 Å². The van der Waals surface area contributed by atoms with Crippen molar-refractivity contribution in [1.29, 1.82) is 0 Å². The summed E-state index contributed by atoms with van der Waals surface area (Å²) in [5.41, 5.74) is 6.04. The lowest BCUT2D eigenvalue weighted by Crippen LogP contribution is -2.13. The molecule has 0 amide bonds. The van der Waals surface area contributed by atoms with Crippen LogP contribution in [0.15, 0.2) is 18.5 Å². The fourth-order valence-corrected chi connectivity index (χ4v) is 0.619. The number of aromatic nitrogens is 1. The lowest BCUT2D eigenvalue weighted by atomic mass is 10.6. The Hall–Kier alpha value is -1.16. The smallest absolute Gasteiger partial charge is 0.138 e. The molecule has 0 atom stereocenters. The van der Waals surface area contributed by atoms with Crippen LogP contribution in [0.2, 0.25) is 0 Å². The lowest BCUT2D eigenvalue weighted by molar-refractivity contribution is 0.0762. The van der Waals surface area contributed by atoms with Crippen LogP contribution >= 0.6 is 0 Å². The molecule has 4 nitrogen and oxygen atoms in total. The Morgan fingerprint density at radius 3 is 3.00 bits per heavy atom. The van der Waals surface area contributed by atoms with Crippen LogP contribution in [0.5, 0.6) is 0 Å². The highest BCUT2D eigenvalue weighted by Gasteiger charge is 1.89. The molecule has 0 fully saturated rings. The Labute approximate surface area is 58.8 Å². The van der Waals surface area contributed by atoms with E-state index in [0.29, 0.717) is 5.69 Å². The maximum absolute atomic E-state index is 8.36. The Morgan fingerprint density at radius 2 is 2.50 bits per heavy atom. The van der Waals surface area contributed by atoms with Crippen LogP contribution in [-0.2, 0) is 0 Å². The van der Waals surface area contributed by atoms with Crippen molar-refractivity contribution in [3.05, 3.63) is 18.5 Å². The molecule has 10 heavy (non-hydrogen) atoms.